The molecule has 0 aliphatic heterocycles. The first-order valence-electron chi connectivity index (χ1n) is 6.12. The maximum atomic E-state index is 5.19. The molecule has 0 fully saturated rings. The summed E-state index contributed by atoms with van der Waals surface area (Å²) in [5.74, 6) is 5.03. The maximum absolute atomic E-state index is 5.19. The van der Waals surface area contributed by atoms with E-state index in [2.05, 4.69) is 49.7 Å². The Morgan fingerprint density at radius 3 is 2.32 bits per heavy atom. The molecule has 0 radical (unpaired) electrons. The Morgan fingerprint density at radius 1 is 1.05 bits per heavy atom. The Morgan fingerprint density at radius 2 is 1.74 bits per heavy atom. The van der Waals surface area contributed by atoms with Crippen LogP contribution in [0.4, 0.5) is 0 Å². The minimum absolute atomic E-state index is 0.516. The van der Waals surface area contributed by atoms with E-state index in [0.717, 1.165) is 5.75 Å². The summed E-state index contributed by atoms with van der Waals surface area (Å²) in [5, 5.41) is 1.93. The second-order valence-corrected chi connectivity index (χ2v) is 6.26. The molecule has 19 heavy (non-hydrogen) atoms. The van der Waals surface area contributed by atoms with Crippen molar-refractivity contribution in [2.75, 3.05) is 7.11 Å². The molecule has 1 atom stereocenters. The van der Waals surface area contributed by atoms with Gasteiger partial charge in [0.1, 0.15) is 10.6 Å². The quantitative estimate of drug-likeness (QED) is 0.465. The first kappa shape index (κ1) is 13.6. The van der Waals surface area contributed by atoms with Gasteiger partial charge in [0.25, 0.3) is 0 Å². The van der Waals surface area contributed by atoms with E-state index in [0.29, 0.717) is 0 Å². The van der Waals surface area contributed by atoms with E-state index in [1.54, 1.807) is 7.11 Å². The Hall–Kier alpha value is -1.80. The van der Waals surface area contributed by atoms with E-state index in [4.69, 9.17) is 4.74 Å². The second-order valence-electron chi connectivity index (χ2n) is 4.44. The first-order valence-corrected chi connectivity index (χ1v) is 7.72. The fraction of sp³-hybridized carbons (Fsp3) is 0.118. The summed E-state index contributed by atoms with van der Waals surface area (Å²) in [6.45, 7) is 5.96. The van der Waals surface area contributed by atoms with Crippen LogP contribution in [0.2, 0.25) is 0 Å². The molecule has 1 nitrogen and oxygen atoms in total. The van der Waals surface area contributed by atoms with Gasteiger partial charge in [-0.15, -0.1) is 0 Å². The lowest BCUT2D eigenvalue weighted by Gasteiger charge is -2.06. The van der Waals surface area contributed by atoms with Gasteiger partial charge in [-0.25, -0.2) is 0 Å². The largest absolute Gasteiger partial charge is 0.497 e. The van der Waals surface area contributed by atoms with Crippen LogP contribution < -0.4 is 4.74 Å². The number of ether oxygens (including phenoxy) is 1. The minimum atomic E-state index is -0.516. The average Bonchev–Trinajstić information content (AvgIpc) is 2.45. The van der Waals surface area contributed by atoms with E-state index in [1.807, 2.05) is 17.5 Å². The van der Waals surface area contributed by atoms with Gasteiger partial charge in [-0.1, -0.05) is 35.3 Å². The predicted molar refractivity (Wildman–Crippen MR) is 87.5 cm³/mol. The number of thiol groups is 1. The molecule has 0 aliphatic carbocycles. The molecule has 2 aromatic carbocycles. The monoisotopic (exact) mass is 271 g/mol. The number of benzene rings is 2. The fourth-order valence-electron chi connectivity index (χ4n) is 1.98. The Bertz CT molecular complexity index is 612. The average molecular weight is 271 g/mol. The highest BCUT2D eigenvalue weighted by Crippen LogP contribution is 2.26. The van der Waals surface area contributed by atoms with Crippen molar-refractivity contribution in [3.05, 3.63) is 60.0 Å². The van der Waals surface area contributed by atoms with Gasteiger partial charge >= 0.3 is 0 Å². The van der Waals surface area contributed by atoms with Gasteiger partial charge in [-0.3, -0.25) is 0 Å². The third kappa shape index (κ3) is 3.15. The molecule has 0 saturated heterocycles. The highest BCUT2D eigenvalue weighted by molar-refractivity contribution is 7.97. The minimum Gasteiger partial charge on any atom is -0.497 e. The van der Waals surface area contributed by atoms with Crippen LogP contribution in [-0.2, 0) is 10.5 Å². The van der Waals surface area contributed by atoms with E-state index in [-0.39, 0.29) is 0 Å². The van der Waals surface area contributed by atoms with Crippen molar-refractivity contribution in [1.29, 1.82) is 0 Å². The molecule has 0 spiro atoms. The fourth-order valence-corrected chi connectivity index (χ4v) is 2.87. The van der Waals surface area contributed by atoms with E-state index in [9.17, 15) is 0 Å². The van der Waals surface area contributed by atoms with Crippen LogP contribution in [0.15, 0.2) is 59.3 Å². The summed E-state index contributed by atoms with van der Waals surface area (Å²) in [5.41, 5.74) is 3.66. The van der Waals surface area contributed by atoms with Crippen molar-refractivity contribution in [2.45, 2.75) is 11.8 Å². The lowest BCUT2D eigenvalue weighted by molar-refractivity contribution is 0.415. The summed E-state index contributed by atoms with van der Waals surface area (Å²) in [6, 6.07) is 14.7. The molecule has 0 aromatic heterocycles. The SMILES string of the molecule is C=C[SH+](=C)c1cc(C)cc(-c2ccc(OC)cc2)c1. The van der Waals surface area contributed by atoms with Crippen molar-refractivity contribution < 1.29 is 4.74 Å². The van der Waals surface area contributed by atoms with Gasteiger partial charge in [0.15, 0.2) is 0 Å². The third-order valence-corrected chi connectivity index (χ3v) is 4.40. The zero-order chi connectivity index (χ0) is 13.8. The molecule has 1 unspecified atom stereocenters. The number of aryl methyl sites for hydroxylation is 1. The van der Waals surface area contributed by atoms with Crippen molar-refractivity contribution in [2.24, 2.45) is 0 Å². The molecule has 2 heteroatoms. The summed E-state index contributed by atoms with van der Waals surface area (Å²) < 4.78 is 5.19. The van der Waals surface area contributed by atoms with E-state index < -0.39 is 10.5 Å². The smallest absolute Gasteiger partial charge is 0.121 e. The molecule has 2 rings (SSSR count). The van der Waals surface area contributed by atoms with Gasteiger partial charge < -0.3 is 4.74 Å². The van der Waals surface area contributed by atoms with Gasteiger partial charge in [-0.2, -0.15) is 0 Å². The lowest BCUT2D eigenvalue weighted by atomic mass is 10.0. The van der Waals surface area contributed by atoms with Crippen LogP contribution in [0.25, 0.3) is 11.1 Å². The third-order valence-electron chi connectivity index (χ3n) is 3.04. The van der Waals surface area contributed by atoms with Crippen molar-refractivity contribution in [3.63, 3.8) is 0 Å². The molecule has 0 aliphatic rings. The van der Waals surface area contributed by atoms with E-state index in [1.165, 1.54) is 21.6 Å². The van der Waals surface area contributed by atoms with Crippen LogP contribution in [0.5, 0.6) is 5.75 Å². The maximum Gasteiger partial charge on any atom is 0.121 e. The van der Waals surface area contributed by atoms with Gasteiger partial charge in [0.2, 0.25) is 0 Å². The molecule has 0 N–H and O–H groups in total. The highest BCUT2D eigenvalue weighted by atomic mass is 32.2. The summed E-state index contributed by atoms with van der Waals surface area (Å²) in [4.78, 5) is 1.26. The molecule has 0 heterocycles. The summed E-state index contributed by atoms with van der Waals surface area (Å²) in [6.07, 6.45) is 0. The number of rotatable bonds is 4. The molecule has 0 saturated carbocycles. The summed E-state index contributed by atoms with van der Waals surface area (Å²) >= 11 is 0. The van der Waals surface area contributed by atoms with Gasteiger partial charge in [0.05, 0.1) is 12.5 Å². The molecule has 0 amide bonds. The Kier molecular flexibility index (Phi) is 4.23. The molecule has 98 valence electrons. The zero-order valence-electron chi connectivity index (χ0n) is 11.4. The zero-order valence-corrected chi connectivity index (χ0v) is 12.3. The number of hydrogen-bond acceptors (Lipinski definition) is 1. The second kappa shape index (κ2) is 5.89. The highest BCUT2D eigenvalue weighted by Gasteiger charge is 2.06. The van der Waals surface area contributed by atoms with Crippen LogP contribution in [-0.4, -0.2) is 13.0 Å². The van der Waals surface area contributed by atoms with Crippen molar-refractivity contribution in [3.8, 4) is 16.9 Å². The van der Waals surface area contributed by atoms with Gasteiger partial charge in [-0.05, 0) is 47.9 Å². The topological polar surface area (TPSA) is 9.23 Å². The predicted octanol–water partition coefficient (Wildman–Crippen LogP) is 3.96. The number of methoxy groups -OCH3 is 1. The normalized spacial score (nSPS) is 11.9. The van der Waals surface area contributed by atoms with Crippen molar-refractivity contribution >= 4 is 16.4 Å². The number of hydrogen-bond donors (Lipinski definition) is 0. The molecule has 2 aromatic rings. The molecular weight excluding hydrogens is 252 g/mol. The first-order chi connectivity index (χ1) is 9.13. The molecule has 0 bridgehead atoms. The van der Waals surface area contributed by atoms with Crippen LogP contribution >= 0.6 is 0 Å². The Balaban J connectivity index is 2.46. The van der Waals surface area contributed by atoms with Gasteiger partial charge in [0, 0.05) is 5.87 Å². The van der Waals surface area contributed by atoms with Crippen LogP contribution in [0.3, 0.4) is 0 Å². The van der Waals surface area contributed by atoms with Crippen LogP contribution in [0.1, 0.15) is 5.56 Å². The Labute approximate surface area is 117 Å². The molecular formula is C17H19OS+. The van der Waals surface area contributed by atoms with Crippen LogP contribution in [0, 0.1) is 6.92 Å². The summed E-state index contributed by atoms with van der Waals surface area (Å²) in [7, 11) is 1.16. The van der Waals surface area contributed by atoms with E-state index >= 15 is 0 Å². The lowest BCUT2D eigenvalue weighted by Crippen LogP contribution is -1.89. The van der Waals surface area contributed by atoms with Crippen molar-refractivity contribution in [1.82, 2.24) is 0 Å². The standard InChI is InChI=1S/C17H18OS/c1-5-19(4)17-11-13(2)10-15(12-17)14-6-8-16(18-3)9-7-14/h5-12H,1,4H2,2-3H3/p+1.